The van der Waals surface area contributed by atoms with E-state index in [-0.39, 0.29) is 5.56 Å². The van der Waals surface area contributed by atoms with Gasteiger partial charge in [0.1, 0.15) is 5.75 Å². The maximum atomic E-state index is 12.2. The Morgan fingerprint density at radius 2 is 1.17 bits per heavy atom. The zero-order chi connectivity index (χ0) is 21.6. The number of halogens is 3. The van der Waals surface area contributed by atoms with Crippen molar-refractivity contribution in [3.63, 3.8) is 0 Å². The summed E-state index contributed by atoms with van der Waals surface area (Å²) in [5.41, 5.74) is 1.76. The van der Waals surface area contributed by atoms with Crippen molar-refractivity contribution in [3.8, 4) is 5.75 Å². The van der Waals surface area contributed by atoms with Crippen molar-refractivity contribution in [3.05, 3.63) is 84.4 Å². The van der Waals surface area contributed by atoms with Crippen LogP contribution in [-0.4, -0.2) is 18.3 Å². The predicted molar refractivity (Wildman–Crippen MR) is 107 cm³/mol. The zero-order valence-corrected chi connectivity index (χ0v) is 15.4. The summed E-state index contributed by atoms with van der Waals surface area (Å²) >= 11 is 0. The predicted octanol–water partition coefficient (Wildman–Crippen LogP) is 5.48. The Morgan fingerprint density at radius 3 is 1.70 bits per heavy atom. The largest absolute Gasteiger partial charge is 0.573 e. The first-order valence-corrected chi connectivity index (χ1v) is 8.69. The van der Waals surface area contributed by atoms with Gasteiger partial charge >= 0.3 is 12.4 Å². The van der Waals surface area contributed by atoms with E-state index in [1.54, 1.807) is 48.5 Å². The minimum absolute atomic E-state index is 0.161. The van der Waals surface area contributed by atoms with Crippen LogP contribution in [0, 0.1) is 0 Å². The lowest BCUT2D eigenvalue weighted by Gasteiger charge is -2.10. The molecule has 0 spiro atoms. The lowest BCUT2D eigenvalue weighted by atomic mass is 10.2. The lowest BCUT2D eigenvalue weighted by Crippen LogP contribution is -2.19. The number of anilines is 3. The Bertz CT molecular complexity index is 1010. The number of alkyl halides is 3. The van der Waals surface area contributed by atoms with Gasteiger partial charge in [-0.2, -0.15) is 0 Å². The molecule has 0 unspecified atom stereocenters. The van der Waals surface area contributed by atoms with Crippen LogP contribution in [0.25, 0.3) is 0 Å². The maximum Gasteiger partial charge on any atom is 0.573 e. The number of rotatable bonds is 5. The van der Waals surface area contributed by atoms with Gasteiger partial charge in [-0.05, 0) is 60.7 Å². The SMILES string of the molecule is O=C(Nc1ccccc1)Nc1ccc(NC(=O)c2ccc(OC(F)(F)F)cc2)cc1. The molecule has 0 radical (unpaired) electrons. The summed E-state index contributed by atoms with van der Waals surface area (Å²) in [5.74, 6) is -0.917. The van der Waals surface area contributed by atoms with Gasteiger partial charge in [-0.25, -0.2) is 4.79 Å². The summed E-state index contributed by atoms with van der Waals surface area (Å²) in [7, 11) is 0. The molecule has 3 rings (SSSR count). The maximum absolute atomic E-state index is 12.2. The normalized spacial score (nSPS) is 10.8. The van der Waals surface area contributed by atoms with Crippen LogP contribution >= 0.6 is 0 Å². The smallest absolute Gasteiger partial charge is 0.406 e. The average Bonchev–Trinajstić information content (AvgIpc) is 2.69. The van der Waals surface area contributed by atoms with E-state index in [2.05, 4.69) is 20.7 Å². The summed E-state index contributed by atoms with van der Waals surface area (Å²) in [5, 5.41) is 7.95. The average molecular weight is 415 g/mol. The number of ether oxygens (including phenoxy) is 1. The highest BCUT2D eigenvalue weighted by Crippen LogP contribution is 2.23. The second kappa shape index (κ2) is 8.99. The number of carbonyl (C=O) groups is 2. The van der Waals surface area contributed by atoms with Crippen LogP contribution < -0.4 is 20.7 Å². The Hall–Kier alpha value is -4.01. The highest BCUT2D eigenvalue weighted by molar-refractivity contribution is 6.04. The van der Waals surface area contributed by atoms with Gasteiger partial charge in [0.15, 0.2) is 0 Å². The number of benzene rings is 3. The molecule has 0 saturated carbocycles. The fourth-order valence-corrected chi connectivity index (χ4v) is 2.46. The molecule has 9 heteroatoms. The second-order valence-corrected chi connectivity index (χ2v) is 6.05. The molecule has 6 nitrogen and oxygen atoms in total. The monoisotopic (exact) mass is 415 g/mol. The van der Waals surface area contributed by atoms with Crippen LogP contribution in [-0.2, 0) is 0 Å². The van der Waals surface area contributed by atoms with Gasteiger partial charge in [-0.3, -0.25) is 4.79 Å². The minimum Gasteiger partial charge on any atom is -0.406 e. The van der Waals surface area contributed by atoms with Crippen molar-refractivity contribution in [2.45, 2.75) is 6.36 Å². The Labute approximate surface area is 169 Å². The van der Waals surface area contributed by atoms with Gasteiger partial charge in [-0.15, -0.1) is 13.2 Å². The topological polar surface area (TPSA) is 79.5 Å². The van der Waals surface area contributed by atoms with Crippen LogP contribution in [0.15, 0.2) is 78.9 Å². The molecule has 154 valence electrons. The third-order valence-electron chi connectivity index (χ3n) is 3.78. The molecular formula is C21H16F3N3O3. The van der Waals surface area contributed by atoms with Crippen LogP contribution in [0.4, 0.5) is 35.0 Å². The second-order valence-electron chi connectivity index (χ2n) is 6.05. The quantitative estimate of drug-likeness (QED) is 0.516. The summed E-state index contributed by atoms with van der Waals surface area (Å²) < 4.78 is 40.3. The molecule has 0 aliphatic rings. The van der Waals surface area contributed by atoms with Crippen molar-refractivity contribution in [1.82, 2.24) is 0 Å². The van der Waals surface area contributed by atoms with Gasteiger partial charge in [0, 0.05) is 22.6 Å². The van der Waals surface area contributed by atoms with Gasteiger partial charge in [0.2, 0.25) is 0 Å². The lowest BCUT2D eigenvalue weighted by molar-refractivity contribution is -0.274. The highest BCUT2D eigenvalue weighted by Gasteiger charge is 2.31. The van der Waals surface area contributed by atoms with Crippen molar-refractivity contribution in [1.29, 1.82) is 0 Å². The molecule has 0 aromatic heterocycles. The Morgan fingerprint density at radius 1 is 0.667 bits per heavy atom. The Kier molecular flexibility index (Phi) is 6.21. The first-order chi connectivity index (χ1) is 14.3. The van der Waals surface area contributed by atoms with Crippen molar-refractivity contribution < 1.29 is 27.5 Å². The van der Waals surface area contributed by atoms with Crippen molar-refractivity contribution >= 4 is 29.0 Å². The van der Waals surface area contributed by atoms with Crippen molar-refractivity contribution in [2.75, 3.05) is 16.0 Å². The fourth-order valence-electron chi connectivity index (χ4n) is 2.46. The van der Waals surface area contributed by atoms with Gasteiger partial charge in [0.25, 0.3) is 5.91 Å². The fraction of sp³-hybridized carbons (Fsp3) is 0.0476. The molecule has 0 atom stereocenters. The first-order valence-electron chi connectivity index (χ1n) is 8.69. The summed E-state index contributed by atoms with van der Waals surface area (Å²) in [6.07, 6.45) is -4.79. The van der Waals surface area contributed by atoms with Gasteiger partial charge in [-0.1, -0.05) is 18.2 Å². The summed E-state index contributed by atoms with van der Waals surface area (Å²) in [4.78, 5) is 24.2. The van der Waals surface area contributed by atoms with Crippen LogP contribution in [0.5, 0.6) is 5.75 Å². The first kappa shape index (κ1) is 20.7. The Balaban J connectivity index is 1.54. The molecular weight excluding hydrogens is 399 g/mol. The van der Waals surface area contributed by atoms with E-state index < -0.39 is 24.1 Å². The zero-order valence-electron chi connectivity index (χ0n) is 15.4. The molecule has 0 bridgehead atoms. The number of nitrogens with one attached hydrogen (secondary N) is 3. The van der Waals surface area contributed by atoms with E-state index in [0.717, 1.165) is 12.1 Å². The third-order valence-corrected chi connectivity index (χ3v) is 3.78. The van der Waals surface area contributed by atoms with Gasteiger partial charge in [0.05, 0.1) is 0 Å². The molecule has 0 aliphatic carbocycles. The molecule has 0 saturated heterocycles. The third kappa shape index (κ3) is 6.26. The highest BCUT2D eigenvalue weighted by atomic mass is 19.4. The van der Waals surface area contributed by atoms with E-state index >= 15 is 0 Å². The molecule has 3 N–H and O–H groups in total. The molecule has 0 heterocycles. The number of hydrogen-bond acceptors (Lipinski definition) is 3. The molecule has 3 amide bonds. The minimum atomic E-state index is -4.79. The number of hydrogen-bond donors (Lipinski definition) is 3. The molecule has 30 heavy (non-hydrogen) atoms. The number of urea groups is 1. The van der Waals surface area contributed by atoms with Crippen LogP contribution in [0.2, 0.25) is 0 Å². The number of carbonyl (C=O) groups excluding carboxylic acids is 2. The standard InChI is InChI=1S/C21H16F3N3O3/c22-21(23,24)30-18-12-6-14(7-13-18)19(28)25-16-8-10-17(11-9-16)27-20(29)26-15-4-2-1-3-5-15/h1-13H,(H,25,28)(H2,26,27,29). The molecule has 3 aromatic rings. The summed E-state index contributed by atoms with van der Waals surface area (Å²) in [6, 6.07) is 19.4. The number of para-hydroxylation sites is 1. The van der Waals surface area contributed by atoms with Crippen molar-refractivity contribution in [2.24, 2.45) is 0 Å². The number of amides is 3. The summed E-state index contributed by atoms with van der Waals surface area (Å²) in [6.45, 7) is 0. The molecule has 0 aliphatic heterocycles. The van der Waals surface area contributed by atoms with E-state index in [9.17, 15) is 22.8 Å². The van der Waals surface area contributed by atoms with Crippen LogP contribution in [0.3, 0.4) is 0 Å². The molecule has 3 aromatic carbocycles. The van der Waals surface area contributed by atoms with Crippen LogP contribution in [0.1, 0.15) is 10.4 Å². The van der Waals surface area contributed by atoms with E-state index in [1.165, 1.54) is 12.1 Å². The molecule has 0 fully saturated rings. The van der Waals surface area contributed by atoms with E-state index in [4.69, 9.17) is 0 Å². The van der Waals surface area contributed by atoms with Gasteiger partial charge < -0.3 is 20.7 Å². The van der Waals surface area contributed by atoms with E-state index in [0.29, 0.717) is 17.1 Å². The van der Waals surface area contributed by atoms with E-state index in [1.807, 2.05) is 6.07 Å².